The van der Waals surface area contributed by atoms with E-state index in [9.17, 15) is 4.79 Å². The monoisotopic (exact) mass is 390 g/mol. The molecule has 0 fully saturated rings. The van der Waals surface area contributed by atoms with Crippen molar-refractivity contribution >= 4 is 21.7 Å². The first kappa shape index (κ1) is 19.0. The van der Waals surface area contributed by atoms with Crippen LogP contribution in [0.4, 0.5) is 0 Å². The molecule has 5 heteroatoms. The smallest absolute Gasteiger partial charge is 0.196 e. The topological polar surface area (TPSA) is 68.9 Å². The lowest BCUT2D eigenvalue weighted by molar-refractivity contribution is 0.233. The van der Waals surface area contributed by atoms with Crippen LogP contribution in [0.2, 0.25) is 0 Å². The van der Waals surface area contributed by atoms with Gasteiger partial charge in [0.1, 0.15) is 34.8 Å². The van der Waals surface area contributed by atoms with Crippen LogP contribution in [0, 0.1) is 6.92 Å². The molecule has 0 aliphatic heterocycles. The molecule has 1 N–H and O–H groups in total. The average Bonchev–Trinajstić information content (AvgIpc) is 2.71. The minimum atomic E-state index is -0.164. The second-order valence-electron chi connectivity index (χ2n) is 6.87. The average molecular weight is 390 g/mol. The second-order valence-corrected chi connectivity index (χ2v) is 6.87. The molecule has 1 aromatic heterocycles. The highest BCUT2D eigenvalue weighted by atomic mass is 16.5. The van der Waals surface area contributed by atoms with E-state index in [0.29, 0.717) is 47.9 Å². The molecule has 3 aromatic carbocycles. The highest BCUT2D eigenvalue weighted by Crippen LogP contribution is 2.31. The minimum Gasteiger partial charge on any atom is -0.492 e. The number of aliphatic hydroxyl groups is 1. The Kier molecular flexibility index (Phi) is 5.49. The zero-order valence-electron chi connectivity index (χ0n) is 16.2. The van der Waals surface area contributed by atoms with E-state index in [4.69, 9.17) is 19.0 Å². The molecule has 0 radical (unpaired) electrons. The fourth-order valence-corrected chi connectivity index (χ4v) is 3.37. The van der Waals surface area contributed by atoms with Gasteiger partial charge in [-0.3, -0.25) is 4.79 Å². The molecule has 0 spiro atoms. The van der Waals surface area contributed by atoms with Crippen LogP contribution >= 0.6 is 0 Å². The van der Waals surface area contributed by atoms with Crippen LogP contribution in [-0.2, 0) is 6.61 Å². The number of benzene rings is 3. The normalized spacial score (nSPS) is 11.1. The van der Waals surface area contributed by atoms with Crippen LogP contribution in [0.15, 0.2) is 69.9 Å². The Hall–Kier alpha value is -3.31. The maximum atomic E-state index is 12.5. The Morgan fingerprint density at radius 3 is 2.69 bits per heavy atom. The molecule has 0 aliphatic carbocycles. The number of rotatable bonds is 7. The number of ether oxygens (including phenoxy) is 2. The van der Waals surface area contributed by atoms with Crippen LogP contribution in [0.1, 0.15) is 17.7 Å². The van der Waals surface area contributed by atoms with Crippen molar-refractivity contribution in [3.8, 4) is 11.5 Å². The Labute approximate surface area is 168 Å². The van der Waals surface area contributed by atoms with Crippen LogP contribution in [0.25, 0.3) is 21.7 Å². The van der Waals surface area contributed by atoms with Crippen molar-refractivity contribution in [3.05, 3.63) is 82.2 Å². The Morgan fingerprint density at radius 1 is 1.00 bits per heavy atom. The zero-order valence-corrected chi connectivity index (χ0v) is 16.2. The summed E-state index contributed by atoms with van der Waals surface area (Å²) in [5, 5.41) is 11.7. The fraction of sp³-hybridized carbons (Fsp3) is 0.208. The highest BCUT2D eigenvalue weighted by Gasteiger charge is 2.13. The van der Waals surface area contributed by atoms with Crippen LogP contribution < -0.4 is 14.9 Å². The van der Waals surface area contributed by atoms with E-state index in [0.717, 1.165) is 16.3 Å². The summed E-state index contributed by atoms with van der Waals surface area (Å²) in [5.41, 5.74) is 1.32. The molecular formula is C24H22O5. The van der Waals surface area contributed by atoms with Gasteiger partial charge < -0.3 is 19.0 Å². The summed E-state index contributed by atoms with van der Waals surface area (Å²) in [6.45, 7) is 2.42. The number of aliphatic hydroxyl groups excluding tert-OH is 1. The second kappa shape index (κ2) is 8.37. The van der Waals surface area contributed by atoms with Gasteiger partial charge in [0.25, 0.3) is 0 Å². The first-order valence-electron chi connectivity index (χ1n) is 9.57. The van der Waals surface area contributed by atoms with Gasteiger partial charge in [-0.15, -0.1) is 0 Å². The lowest BCUT2D eigenvalue weighted by Crippen LogP contribution is -2.07. The Bertz CT molecular complexity index is 1200. The van der Waals surface area contributed by atoms with Crippen molar-refractivity contribution < 1.29 is 19.0 Å². The lowest BCUT2D eigenvalue weighted by Gasteiger charge is -2.13. The van der Waals surface area contributed by atoms with Crippen molar-refractivity contribution in [2.45, 2.75) is 20.0 Å². The molecule has 0 aliphatic rings. The van der Waals surface area contributed by atoms with Crippen molar-refractivity contribution in [1.29, 1.82) is 0 Å². The van der Waals surface area contributed by atoms with Crippen molar-refractivity contribution in [2.24, 2.45) is 0 Å². The van der Waals surface area contributed by atoms with Gasteiger partial charge >= 0.3 is 0 Å². The molecule has 29 heavy (non-hydrogen) atoms. The lowest BCUT2D eigenvalue weighted by atomic mass is 10.1. The molecular weight excluding hydrogens is 368 g/mol. The van der Waals surface area contributed by atoms with E-state index in [-0.39, 0.29) is 12.0 Å². The van der Waals surface area contributed by atoms with Gasteiger partial charge in [-0.25, -0.2) is 0 Å². The minimum absolute atomic E-state index is 0.0168. The van der Waals surface area contributed by atoms with Crippen molar-refractivity contribution in [3.63, 3.8) is 0 Å². The predicted molar refractivity (Wildman–Crippen MR) is 113 cm³/mol. The van der Waals surface area contributed by atoms with Gasteiger partial charge in [-0.1, -0.05) is 42.5 Å². The van der Waals surface area contributed by atoms with E-state index < -0.39 is 0 Å². The summed E-state index contributed by atoms with van der Waals surface area (Å²) >= 11 is 0. The third kappa shape index (κ3) is 4.10. The summed E-state index contributed by atoms with van der Waals surface area (Å²) in [4.78, 5) is 12.5. The zero-order chi connectivity index (χ0) is 20.2. The van der Waals surface area contributed by atoms with E-state index in [1.54, 1.807) is 19.1 Å². The first-order valence-corrected chi connectivity index (χ1v) is 9.57. The van der Waals surface area contributed by atoms with Crippen LogP contribution in [-0.4, -0.2) is 18.3 Å². The Morgan fingerprint density at radius 2 is 1.83 bits per heavy atom. The molecule has 148 valence electrons. The number of fused-ring (bicyclic) bond motifs is 2. The quantitative estimate of drug-likeness (QED) is 0.467. The Balaban J connectivity index is 1.68. The summed E-state index contributed by atoms with van der Waals surface area (Å²) in [6, 6.07) is 19.1. The third-order valence-electron chi connectivity index (χ3n) is 4.73. The van der Waals surface area contributed by atoms with Crippen LogP contribution in [0.5, 0.6) is 11.5 Å². The third-order valence-corrected chi connectivity index (χ3v) is 4.73. The molecule has 1 heterocycles. The fourth-order valence-electron chi connectivity index (χ4n) is 3.37. The van der Waals surface area contributed by atoms with Gasteiger partial charge in [0.15, 0.2) is 5.43 Å². The van der Waals surface area contributed by atoms with Gasteiger partial charge in [0.05, 0.1) is 6.61 Å². The van der Waals surface area contributed by atoms with Gasteiger partial charge in [-0.2, -0.15) is 0 Å². The van der Waals surface area contributed by atoms with Gasteiger partial charge in [0, 0.05) is 31.2 Å². The first-order chi connectivity index (χ1) is 14.2. The number of aryl methyl sites for hydroxylation is 1. The predicted octanol–water partition coefficient (Wildman–Crippen LogP) is 4.59. The molecule has 0 saturated carbocycles. The highest BCUT2D eigenvalue weighted by molar-refractivity contribution is 5.86. The molecule has 0 atom stereocenters. The molecule has 0 unspecified atom stereocenters. The molecule has 4 rings (SSSR count). The SMILES string of the molecule is Cc1cc(=O)c2c(OCCCO)cc(OCc3cccc4ccccc34)cc2o1. The van der Waals surface area contributed by atoms with E-state index >= 15 is 0 Å². The summed E-state index contributed by atoms with van der Waals surface area (Å²) in [7, 11) is 0. The molecule has 0 saturated heterocycles. The van der Waals surface area contributed by atoms with E-state index in [1.807, 2.05) is 24.3 Å². The number of hydrogen-bond acceptors (Lipinski definition) is 5. The summed E-state index contributed by atoms with van der Waals surface area (Å²) < 4.78 is 17.5. The molecule has 5 nitrogen and oxygen atoms in total. The van der Waals surface area contributed by atoms with E-state index in [1.165, 1.54) is 6.07 Å². The largest absolute Gasteiger partial charge is 0.492 e. The maximum absolute atomic E-state index is 12.5. The molecule has 0 amide bonds. The van der Waals surface area contributed by atoms with Crippen molar-refractivity contribution in [1.82, 2.24) is 0 Å². The summed E-state index contributed by atoms with van der Waals surface area (Å²) in [5.74, 6) is 1.48. The summed E-state index contributed by atoms with van der Waals surface area (Å²) in [6.07, 6.45) is 0.472. The van der Waals surface area contributed by atoms with Gasteiger partial charge in [-0.05, 0) is 23.3 Å². The van der Waals surface area contributed by atoms with E-state index in [2.05, 4.69) is 18.2 Å². The van der Waals surface area contributed by atoms with Crippen molar-refractivity contribution in [2.75, 3.05) is 13.2 Å². The molecule has 4 aromatic rings. The number of hydrogen-bond donors (Lipinski definition) is 1. The van der Waals surface area contributed by atoms with Gasteiger partial charge in [0.2, 0.25) is 0 Å². The molecule has 0 bridgehead atoms. The maximum Gasteiger partial charge on any atom is 0.196 e. The van der Waals surface area contributed by atoms with Crippen LogP contribution in [0.3, 0.4) is 0 Å². The standard InChI is InChI=1S/C24H22O5/c1-16-12-21(26)24-22(27-11-5-10-25)13-19(14-23(24)29-16)28-15-18-8-4-7-17-6-2-3-9-20(17)18/h2-4,6-9,12-14,25H,5,10-11,15H2,1H3.